The molecule has 1 aliphatic rings. The minimum Gasteiger partial charge on any atom is -0.391 e. The Kier molecular flexibility index (Phi) is 8.62. The highest BCUT2D eigenvalue weighted by Crippen LogP contribution is 2.33. The van der Waals surface area contributed by atoms with Gasteiger partial charge in [0, 0.05) is 11.8 Å². The molecule has 0 radical (unpaired) electrons. The van der Waals surface area contributed by atoms with Gasteiger partial charge in [0.2, 0.25) is 15.9 Å². The number of benzene rings is 2. The number of carbonyl (C=O) groups is 1. The number of fused-ring (bicyclic) bond motifs is 1. The lowest BCUT2D eigenvalue weighted by molar-refractivity contribution is -0.111. The number of anilines is 1. The standard InChI is InChI=1S/C28H32N2O4S/c1-5-7-20(6-2)8-17-27(32)29-23-13-9-22-12-16-26(31)28(25(22)18-23)30-35(33,34)24-14-10-21(11-15-24)19(3)4/h5-11,13-15,17-19,26,28,30-31H,1-2,12,16H2,3-4H3,(H,29,32)/b17-8+,20-7+/t26-,28?/m1/s1. The molecule has 3 rings (SSSR count). The molecule has 2 aromatic rings. The zero-order valence-corrected chi connectivity index (χ0v) is 20.9. The van der Waals surface area contributed by atoms with Crippen LogP contribution in [0.1, 0.15) is 48.9 Å². The van der Waals surface area contributed by atoms with Crippen LogP contribution in [0.25, 0.3) is 0 Å². The zero-order valence-electron chi connectivity index (χ0n) is 20.1. The first-order valence-corrected chi connectivity index (χ1v) is 13.0. The fourth-order valence-electron chi connectivity index (χ4n) is 3.96. The number of hydrogen-bond donors (Lipinski definition) is 3. The van der Waals surface area contributed by atoms with Crippen LogP contribution >= 0.6 is 0 Å². The Morgan fingerprint density at radius 2 is 1.83 bits per heavy atom. The minimum atomic E-state index is -3.87. The lowest BCUT2D eigenvalue weighted by Gasteiger charge is -2.31. The summed E-state index contributed by atoms with van der Waals surface area (Å²) in [5.41, 5.74) is 3.85. The van der Waals surface area contributed by atoms with Crippen molar-refractivity contribution in [2.45, 2.75) is 49.6 Å². The van der Waals surface area contributed by atoms with Gasteiger partial charge in [0.15, 0.2) is 0 Å². The fraction of sp³-hybridized carbons (Fsp3) is 0.250. The molecule has 3 N–H and O–H groups in total. The number of nitrogens with one attached hydrogen (secondary N) is 2. The van der Waals surface area contributed by atoms with E-state index in [9.17, 15) is 18.3 Å². The van der Waals surface area contributed by atoms with Gasteiger partial charge in [-0.05, 0) is 71.4 Å². The molecule has 0 aromatic heterocycles. The second-order valence-electron chi connectivity index (χ2n) is 8.77. The van der Waals surface area contributed by atoms with Crippen molar-refractivity contribution in [1.82, 2.24) is 4.72 Å². The summed E-state index contributed by atoms with van der Waals surface area (Å²) in [5, 5.41) is 13.5. The van der Waals surface area contributed by atoms with Gasteiger partial charge in [-0.25, -0.2) is 13.1 Å². The summed E-state index contributed by atoms with van der Waals surface area (Å²) in [5.74, 6) is -0.0582. The smallest absolute Gasteiger partial charge is 0.248 e. The monoisotopic (exact) mass is 492 g/mol. The average Bonchev–Trinajstić information content (AvgIpc) is 2.83. The van der Waals surface area contributed by atoms with Crippen LogP contribution < -0.4 is 10.0 Å². The van der Waals surface area contributed by atoms with Gasteiger partial charge in [-0.2, -0.15) is 0 Å². The van der Waals surface area contributed by atoms with Gasteiger partial charge < -0.3 is 10.4 Å². The molecule has 2 aromatic carbocycles. The Morgan fingerprint density at radius 1 is 1.11 bits per heavy atom. The largest absolute Gasteiger partial charge is 0.391 e. The SMILES string of the molecule is C=C/C=C(C=C)/C=C/C(=O)Nc1ccc2c(c1)C(NS(=O)(=O)c1ccc(C(C)C)cc1)[C@H](O)CC2. The highest BCUT2D eigenvalue weighted by Gasteiger charge is 2.32. The van der Waals surface area contributed by atoms with Crippen molar-refractivity contribution < 1.29 is 18.3 Å². The molecule has 184 valence electrons. The topological polar surface area (TPSA) is 95.5 Å². The predicted octanol–water partition coefficient (Wildman–Crippen LogP) is 4.93. The third-order valence-electron chi connectivity index (χ3n) is 5.96. The van der Waals surface area contributed by atoms with Gasteiger partial charge in [-0.1, -0.05) is 63.4 Å². The summed E-state index contributed by atoms with van der Waals surface area (Å²) in [4.78, 5) is 12.5. The van der Waals surface area contributed by atoms with Gasteiger partial charge in [0.25, 0.3) is 0 Å². The fourth-order valence-corrected chi connectivity index (χ4v) is 5.21. The molecule has 2 atom stereocenters. The first-order chi connectivity index (χ1) is 16.6. The van der Waals surface area contributed by atoms with Crippen LogP contribution in [0.4, 0.5) is 5.69 Å². The molecular weight excluding hydrogens is 460 g/mol. The third-order valence-corrected chi connectivity index (χ3v) is 7.41. The molecule has 0 aliphatic heterocycles. The summed E-state index contributed by atoms with van der Waals surface area (Å²) in [6.45, 7) is 11.4. The molecule has 35 heavy (non-hydrogen) atoms. The van der Waals surface area contributed by atoms with Crippen molar-refractivity contribution in [3.05, 3.63) is 108 Å². The Morgan fingerprint density at radius 3 is 2.46 bits per heavy atom. The van der Waals surface area contributed by atoms with E-state index in [0.29, 0.717) is 24.1 Å². The number of aliphatic hydroxyl groups excluding tert-OH is 1. The second-order valence-corrected chi connectivity index (χ2v) is 10.5. The predicted molar refractivity (Wildman–Crippen MR) is 141 cm³/mol. The van der Waals surface area contributed by atoms with Crippen LogP contribution in [0.5, 0.6) is 0 Å². The molecule has 7 heteroatoms. The number of aryl methyl sites for hydroxylation is 1. The van der Waals surface area contributed by atoms with E-state index in [1.807, 2.05) is 19.9 Å². The number of amides is 1. The molecule has 0 saturated heterocycles. The number of allylic oxidation sites excluding steroid dienone is 5. The highest BCUT2D eigenvalue weighted by molar-refractivity contribution is 7.89. The lowest BCUT2D eigenvalue weighted by Crippen LogP contribution is -2.39. The molecule has 6 nitrogen and oxygen atoms in total. The Bertz CT molecular complexity index is 1260. The Balaban J connectivity index is 1.83. The van der Waals surface area contributed by atoms with Crippen LogP contribution in [0.15, 0.2) is 96.5 Å². The maximum atomic E-state index is 13.1. The summed E-state index contributed by atoms with van der Waals surface area (Å²) in [7, 11) is -3.87. The molecule has 1 amide bonds. The van der Waals surface area contributed by atoms with E-state index >= 15 is 0 Å². The number of hydrogen-bond acceptors (Lipinski definition) is 4. The molecule has 1 aliphatic carbocycles. The van der Waals surface area contributed by atoms with Gasteiger partial charge in [-0.15, -0.1) is 0 Å². The van der Waals surface area contributed by atoms with Gasteiger partial charge >= 0.3 is 0 Å². The second kappa shape index (κ2) is 11.4. The molecule has 0 saturated carbocycles. The first-order valence-electron chi connectivity index (χ1n) is 11.5. The lowest BCUT2D eigenvalue weighted by atomic mass is 9.86. The van der Waals surface area contributed by atoms with E-state index in [1.165, 1.54) is 6.08 Å². The number of rotatable bonds is 9. The minimum absolute atomic E-state index is 0.140. The zero-order chi connectivity index (χ0) is 25.6. The van der Waals surface area contributed by atoms with Gasteiger partial charge in [0.1, 0.15) is 0 Å². The first kappa shape index (κ1) is 26.3. The van der Waals surface area contributed by atoms with Gasteiger partial charge in [0.05, 0.1) is 17.0 Å². The third kappa shape index (κ3) is 6.66. The normalized spacial score (nSPS) is 18.3. The number of aliphatic hydroxyl groups is 1. The van der Waals surface area contributed by atoms with Crippen LogP contribution in [-0.4, -0.2) is 25.5 Å². The average molecular weight is 493 g/mol. The Labute approximate surface area is 207 Å². The van der Waals surface area contributed by atoms with Crippen molar-refractivity contribution in [2.75, 3.05) is 5.32 Å². The Hall–Kier alpha value is -3.26. The van der Waals surface area contributed by atoms with Crippen molar-refractivity contribution in [3.8, 4) is 0 Å². The van der Waals surface area contributed by atoms with Crippen molar-refractivity contribution in [2.24, 2.45) is 0 Å². The van der Waals surface area contributed by atoms with Crippen LogP contribution in [0.3, 0.4) is 0 Å². The molecule has 0 bridgehead atoms. The summed E-state index contributed by atoms with van der Waals surface area (Å²) < 4.78 is 28.9. The quantitative estimate of drug-likeness (QED) is 0.342. The summed E-state index contributed by atoms with van der Waals surface area (Å²) in [6, 6.07) is 11.3. The molecule has 0 spiro atoms. The molecular formula is C28H32N2O4S. The summed E-state index contributed by atoms with van der Waals surface area (Å²) in [6.07, 6.45) is 8.09. The summed E-state index contributed by atoms with van der Waals surface area (Å²) >= 11 is 0. The van der Waals surface area contributed by atoms with Crippen molar-refractivity contribution in [1.29, 1.82) is 0 Å². The highest BCUT2D eigenvalue weighted by atomic mass is 32.2. The van der Waals surface area contributed by atoms with Crippen molar-refractivity contribution >= 4 is 21.6 Å². The van der Waals surface area contributed by atoms with Crippen LogP contribution in [0.2, 0.25) is 0 Å². The van der Waals surface area contributed by atoms with E-state index in [0.717, 1.165) is 16.7 Å². The van der Waals surface area contributed by atoms with Crippen LogP contribution in [0, 0.1) is 0 Å². The molecule has 0 fully saturated rings. The van der Waals surface area contributed by atoms with Crippen LogP contribution in [-0.2, 0) is 21.2 Å². The van der Waals surface area contributed by atoms with E-state index in [1.54, 1.807) is 60.7 Å². The molecule has 0 heterocycles. The van der Waals surface area contributed by atoms with E-state index in [2.05, 4.69) is 23.2 Å². The number of carbonyl (C=O) groups excluding carboxylic acids is 1. The number of sulfonamides is 1. The maximum absolute atomic E-state index is 13.1. The van der Waals surface area contributed by atoms with E-state index in [-0.39, 0.29) is 16.7 Å². The molecule has 1 unspecified atom stereocenters. The van der Waals surface area contributed by atoms with Gasteiger partial charge in [-0.3, -0.25) is 4.79 Å². The maximum Gasteiger partial charge on any atom is 0.248 e. The van der Waals surface area contributed by atoms with Crippen molar-refractivity contribution in [3.63, 3.8) is 0 Å². The van der Waals surface area contributed by atoms with E-state index in [4.69, 9.17) is 0 Å². The van der Waals surface area contributed by atoms with E-state index < -0.39 is 22.2 Å².